The molecule has 274 valence electrons. The fourth-order valence-corrected chi connectivity index (χ4v) is 13.4. The van der Waals surface area contributed by atoms with Crippen molar-refractivity contribution in [1.82, 2.24) is 0 Å². The number of fused-ring (bicyclic) bond motifs is 10. The summed E-state index contributed by atoms with van der Waals surface area (Å²) in [5.41, 5.74) is 7.54. The molecule has 5 saturated carbocycles. The molecule has 51 heavy (non-hydrogen) atoms. The van der Waals surface area contributed by atoms with Crippen molar-refractivity contribution in [3.63, 3.8) is 0 Å². The molecule has 12 atom stereocenters. The maximum Gasteiger partial charge on any atom is 0.115 e. The lowest BCUT2D eigenvalue weighted by Gasteiger charge is -2.54. The molecule has 0 amide bonds. The third kappa shape index (κ3) is 6.37. The van der Waals surface area contributed by atoms with Gasteiger partial charge in [0.2, 0.25) is 0 Å². The first-order chi connectivity index (χ1) is 24.6. The maximum atomic E-state index is 10.8. The lowest BCUT2D eigenvalue weighted by molar-refractivity contribution is -0.0495. The molecule has 7 aliphatic carbocycles. The van der Waals surface area contributed by atoms with E-state index in [-0.39, 0.29) is 23.0 Å². The fourth-order valence-electron chi connectivity index (χ4n) is 13.4. The Bertz CT molecular complexity index is 1690. The SMILES string of the molecule is CC#CCC[C@H]1C[C@@]2(C)C(CC[C@@H]2O)C2CCc3cc(O)ccc3C21.C[C@]12C[C@H](CCC=C3CC3)C3c4ccc(O)cc4CCC3C1CC[C@@H]2O. The van der Waals surface area contributed by atoms with Crippen molar-refractivity contribution in [2.24, 2.45) is 46.3 Å². The molecule has 6 unspecified atom stereocenters. The smallest absolute Gasteiger partial charge is 0.115 e. The third-order valence-corrected chi connectivity index (χ3v) is 15.9. The largest absolute Gasteiger partial charge is 0.508 e. The predicted octanol–water partition coefficient (Wildman–Crippen LogP) is 9.97. The van der Waals surface area contributed by atoms with E-state index in [1.54, 1.807) is 5.57 Å². The van der Waals surface area contributed by atoms with Gasteiger partial charge in [0.1, 0.15) is 11.5 Å². The Morgan fingerprint density at radius 2 is 1.20 bits per heavy atom. The normalized spacial score (nSPS) is 39.7. The monoisotopic (exact) mass is 690 g/mol. The lowest BCUT2D eigenvalue weighted by Crippen LogP contribution is -2.47. The molecule has 2 aromatic rings. The molecule has 4 heteroatoms. The van der Waals surface area contributed by atoms with Gasteiger partial charge in [-0.25, -0.2) is 0 Å². The Labute approximate surface area is 307 Å². The van der Waals surface area contributed by atoms with Crippen molar-refractivity contribution in [1.29, 1.82) is 0 Å². The Balaban J connectivity index is 0.000000147. The molecule has 4 nitrogen and oxygen atoms in total. The van der Waals surface area contributed by atoms with Crippen LogP contribution in [0.15, 0.2) is 48.0 Å². The number of aliphatic hydroxyl groups excluding tert-OH is 2. The number of allylic oxidation sites excluding steroid dienone is 2. The molecular formula is C47H62O4. The topological polar surface area (TPSA) is 80.9 Å². The number of phenols is 2. The predicted molar refractivity (Wildman–Crippen MR) is 204 cm³/mol. The number of rotatable bonds is 5. The first-order valence-electron chi connectivity index (χ1n) is 20.7. The second kappa shape index (κ2) is 13.9. The highest BCUT2D eigenvalue weighted by molar-refractivity contribution is 5.42. The number of phenolic OH excluding ortho intramolecular Hbond substituents is 2. The van der Waals surface area contributed by atoms with Crippen molar-refractivity contribution in [3.05, 3.63) is 70.3 Å². The first-order valence-corrected chi connectivity index (χ1v) is 20.7. The van der Waals surface area contributed by atoms with E-state index in [1.165, 1.54) is 80.0 Å². The minimum Gasteiger partial charge on any atom is -0.508 e. The highest BCUT2D eigenvalue weighted by Crippen LogP contribution is 2.65. The van der Waals surface area contributed by atoms with Gasteiger partial charge in [-0.15, -0.1) is 11.8 Å². The van der Waals surface area contributed by atoms with Crippen LogP contribution in [0.5, 0.6) is 11.5 Å². The summed E-state index contributed by atoms with van der Waals surface area (Å²) in [6.45, 7) is 6.64. The first kappa shape index (κ1) is 35.3. The van der Waals surface area contributed by atoms with E-state index in [0.717, 1.165) is 44.9 Å². The highest BCUT2D eigenvalue weighted by atomic mass is 16.3. The van der Waals surface area contributed by atoms with Crippen LogP contribution in [-0.4, -0.2) is 32.6 Å². The summed E-state index contributed by atoms with van der Waals surface area (Å²) in [5, 5.41) is 41.4. The van der Waals surface area contributed by atoms with Gasteiger partial charge in [-0.05, 0) is 208 Å². The zero-order valence-electron chi connectivity index (χ0n) is 31.4. The molecule has 0 aromatic heterocycles. The van der Waals surface area contributed by atoms with Gasteiger partial charge >= 0.3 is 0 Å². The average Bonchev–Trinajstić information content (AvgIpc) is 3.82. The fraction of sp³-hybridized carbons (Fsp3) is 0.660. The molecule has 0 aliphatic heterocycles. The molecule has 2 aromatic carbocycles. The van der Waals surface area contributed by atoms with Crippen LogP contribution in [0.4, 0.5) is 0 Å². The van der Waals surface area contributed by atoms with E-state index in [2.05, 4.69) is 43.9 Å². The van der Waals surface area contributed by atoms with Crippen molar-refractivity contribution in [3.8, 4) is 23.3 Å². The van der Waals surface area contributed by atoms with Crippen molar-refractivity contribution >= 4 is 0 Å². The summed E-state index contributed by atoms with van der Waals surface area (Å²) < 4.78 is 0. The summed E-state index contributed by atoms with van der Waals surface area (Å²) in [6, 6.07) is 12.1. The summed E-state index contributed by atoms with van der Waals surface area (Å²) >= 11 is 0. The molecule has 0 bridgehead atoms. The van der Waals surface area contributed by atoms with Gasteiger partial charge in [-0.2, -0.15) is 0 Å². The standard InChI is InChI=1S/C24H32O2.C23H30O2/c1-24-14-17(4-2-3-15-5-6-15)23-19-10-8-18(25)13-16(19)7-9-20(23)21(24)11-12-22(24)26;1-3-4-5-6-16-14-23(2)20(11-12-21(23)25)19-9-7-15-13-17(24)8-10-18(15)22(16)19/h3,8,10,13,17,20-23,25-26H,2,4-7,9,11-12,14H2,1H3;8,10,13,16,19-22,24-25H,5-7,9,11-12,14H2,1-2H3/t17-,20?,21?,22-,23?,24-;16-,19?,20?,21-,22?,23-/m00/s1. The van der Waals surface area contributed by atoms with Crippen LogP contribution < -0.4 is 0 Å². The number of aromatic hydroxyl groups is 2. The van der Waals surface area contributed by atoms with E-state index in [0.29, 0.717) is 58.8 Å². The summed E-state index contributed by atoms with van der Waals surface area (Å²) in [7, 11) is 0. The van der Waals surface area contributed by atoms with Gasteiger partial charge in [-0.1, -0.05) is 37.6 Å². The maximum absolute atomic E-state index is 10.8. The van der Waals surface area contributed by atoms with Crippen molar-refractivity contribution in [2.45, 2.75) is 148 Å². The highest BCUT2D eigenvalue weighted by Gasteiger charge is 2.58. The average molecular weight is 691 g/mol. The van der Waals surface area contributed by atoms with Crippen molar-refractivity contribution < 1.29 is 20.4 Å². The Kier molecular flexibility index (Phi) is 9.63. The molecular weight excluding hydrogens is 629 g/mol. The van der Waals surface area contributed by atoms with Gasteiger partial charge in [0, 0.05) is 6.42 Å². The van der Waals surface area contributed by atoms with Crippen LogP contribution in [0.1, 0.15) is 145 Å². The lowest BCUT2D eigenvalue weighted by atomic mass is 9.51. The van der Waals surface area contributed by atoms with E-state index in [9.17, 15) is 20.4 Å². The Morgan fingerprint density at radius 3 is 1.69 bits per heavy atom. The molecule has 9 rings (SSSR count). The van der Waals surface area contributed by atoms with Crippen LogP contribution in [0.3, 0.4) is 0 Å². The number of aliphatic hydroxyl groups is 2. The third-order valence-electron chi connectivity index (χ3n) is 15.9. The van der Waals surface area contributed by atoms with Crippen LogP contribution in [0.25, 0.3) is 0 Å². The number of benzene rings is 2. The molecule has 7 aliphatic rings. The zero-order valence-corrected chi connectivity index (χ0v) is 31.4. The summed E-state index contributed by atoms with van der Waals surface area (Å²) in [4.78, 5) is 0. The van der Waals surface area contributed by atoms with Gasteiger partial charge in [0.15, 0.2) is 0 Å². The van der Waals surface area contributed by atoms with Gasteiger partial charge in [0.05, 0.1) is 12.2 Å². The molecule has 0 radical (unpaired) electrons. The van der Waals surface area contributed by atoms with Crippen LogP contribution >= 0.6 is 0 Å². The van der Waals surface area contributed by atoms with Crippen LogP contribution in [0, 0.1) is 58.2 Å². The van der Waals surface area contributed by atoms with Gasteiger partial charge in [-0.3, -0.25) is 0 Å². The molecule has 0 heterocycles. The van der Waals surface area contributed by atoms with Crippen LogP contribution in [0.2, 0.25) is 0 Å². The van der Waals surface area contributed by atoms with E-state index in [4.69, 9.17) is 0 Å². The van der Waals surface area contributed by atoms with Gasteiger partial charge in [0.25, 0.3) is 0 Å². The Morgan fingerprint density at radius 1 is 0.686 bits per heavy atom. The van der Waals surface area contributed by atoms with E-state index >= 15 is 0 Å². The molecule has 0 spiro atoms. The molecule has 5 fully saturated rings. The summed E-state index contributed by atoms with van der Waals surface area (Å²) in [6.07, 6.45) is 20.6. The molecule has 0 saturated heterocycles. The van der Waals surface area contributed by atoms with E-state index < -0.39 is 0 Å². The zero-order chi connectivity index (χ0) is 35.5. The Hall–Kier alpha value is -2.74. The second-order valence-electron chi connectivity index (χ2n) is 18.5. The number of hydrogen-bond donors (Lipinski definition) is 4. The van der Waals surface area contributed by atoms with Crippen molar-refractivity contribution in [2.75, 3.05) is 0 Å². The van der Waals surface area contributed by atoms with Gasteiger partial charge < -0.3 is 20.4 Å². The van der Waals surface area contributed by atoms with Crippen LogP contribution in [-0.2, 0) is 12.8 Å². The summed E-state index contributed by atoms with van der Waals surface area (Å²) in [5.74, 6) is 12.2. The quantitative estimate of drug-likeness (QED) is 0.186. The molecule has 4 N–H and O–H groups in total. The number of hydrogen-bond acceptors (Lipinski definition) is 4. The minimum atomic E-state index is -0.139. The van der Waals surface area contributed by atoms with E-state index in [1.807, 2.05) is 31.2 Å². The minimum absolute atomic E-state index is 0.0832. The number of aryl methyl sites for hydroxylation is 2. The second-order valence-corrected chi connectivity index (χ2v) is 18.5.